The Labute approximate surface area is 328 Å². The van der Waals surface area contributed by atoms with Crippen molar-refractivity contribution < 1.29 is 39.9 Å². The smallest absolute Gasteiger partial charge is 0 e. The van der Waals surface area contributed by atoms with E-state index >= 15 is 0 Å². The van der Waals surface area contributed by atoms with Crippen LogP contribution in [-0.2, 0) is 20.1 Å². The number of halogens is 1. The van der Waals surface area contributed by atoms with Crippen LogP contribution in [0.1, 0.15) is 27.7 Å². The number of benzene rings is 4. The van der Waals surface area contributed by atoms with Crippen molar-refractivity contribution in [2.24, 2.45) is 0 Å². The van der Waals surface area contributed by atoms with Crippen LogP contribution in [0.15, 0.2) is 102 Å². The molecule has 8 heteroatoms. The van der Waals surface area contributed by atoms with E-state index in [2.05, 4.69) is 65.1 Å². The van der Waals surface area contributed by atoms with Crippen molar-refractivity contribution >= 4 is 52.9 Å². The number of hydrogen-bond acceptors (Lipinski definition) is 4. The van der Waals surface area contributed by atoms with Gasteiger partial charge in [0.05, 0.1) is 21.1 Å². The molecule has 3 aromatic heterocycles. The summed E-state index contributed by atoms with van der Waals surface area (Å²) >= 11 is -2.57. The molecule has 0 atom stereocenters. The van der Waals surface area contributed by atoms with E-state index in [0.717, 1.165) is 15.7 Å². The Morgan fingerprint density at radius 3 is 2.31 bits per heavy atom. The summed E-state index contributed by atoms with van der Waals surface area (Å²) in [5.74, 6) is 6.03. The third-order valence-electron chi connectivity index (χ3n) is 8.39. The molecule has 0 saturated carbocycles. The van der Waals surface area contributed by atoms with Crippen LogP contribution in [0.2, 0.25) is 36.9 Å². The maximum Gasteiger partial charge on any atom is 0 e. The number of aryl methyl sites for hydroxylation is 2. The minimum atomic E-state index is -2.64. The number of pyridine rings is 2. The van der Waals surface area contributed by atoms with Crippen LogP contribution < -0.4 is 9.58 Å². The second kappa shape index (κ2) is 15.2. The number of nitrogens with zero attached hydrogens (tertiary/aromatic N) is 3. The van der Waals surface area contributed by atoms with Crippen molar-refractivity contribution in [3.8, 4) is 39.7 Å². The summed E-state index contributed by atoms with van der Waals surface area (Å²) in [4.78, 5) is 8.84. The van der Waals surface area contributed by atoms with Crippen LogP contribution in [0.4, 0.5) is 4.39 Å². The Hall–Kier alpha value is -4.19. The van der Waals surface area contributed by atoms with Gasteiger partial charge in [-0.1, -0.05) is 31.8 Å². The molecule has 1 radical (unpaired) electrons. The molecule has 0 saturated heterocycles. The molecule has 51 heavy (non-hydrogen) atoms. The Morgan fingerprint density at radius 2 is 1.67 bits per heavy atom. The maximum absolute atomic E-state index is 12.8. The zero-order valence-electron chi connectivity index (χ0n) is 37.0. The maximum atomic E-state index is 12.8. The fraction of sp³-hybridized carbons (Fsp3) is 0.186. The molecule has 0 N–H and O–H groups in total. The molecule has 0 amide bonds. The van der Waals surface area contributed by atoms with Gasteiger partial charge in [-0.3, -0.25) is 4.39 Å². The van der Waals surface area contributed by atoms with E-state index in [1.807, 2.05) is 18.3 Å². The minimum Gasteiger partial charge on any atom is 0 e. The molecule has 4 aromatic carbocycles. The van der Waals surface area contributed by atoms with E-state index in [9.17, 15) is 9.65 Å². The predicted octanol–water partition coefficient (Wildman–Crippen LogP) is 10.4. The predicted molar refractivity (Wildman–Crippen MR) is 210 cm³/mol. The first kappa shape index (κ1) is 28.4. The minimum absolute atomic E-state index is 0. The van der Waals surface area contributed by atoms with Crippen LogP contribution in [0.25, 0.3) is 55.6 Å². The molecular formula is C43H40FGeIrN3OSi-2. The van der Waals surface area contributed by atoms with Crippen molar-refractivity contribution in [1.29, 1.82) is 5.26 Å². The van der Waals surface area contributed by atoms with Gasteiger partial charge >= 0.3 is 184 Å². The number of furan rings is 1. The summed E-state index contributed by atoms with van der Waals surface area (Å²) in [6.45, 7) is 1.62. The van der Waals surface area contributed by atoms with Crippen LogP contribution in [0, 0.1) is 43.0 Å². The molecule has 0 aliphatic carbocycles. The standard InChI is InChI=1S/C29H25GeN2O.C14H15FNSi.Ir/c1-18-13-21(30(3,4)5)10-12-22(18)26-15-27(32-17-19(26)2)25-8-6-7-24-23-11-9-20(16-31)14-28(23)33-29(24)25;1-17(2,3)13-8-9-14(16-10-13)11-4-6-12(15)7-5-11;/h6-7,9-15,17H,1-5H3;4,6-10H,1-3H3;/q2*-1;/i1D3,2D3,12D,14D;;. The number of rotatable bonds is 5. The fourth-order valence-electron chi connectivity index (χ4n) is 5.44. The Bertz CT molecular complexity index is 2720. The van der Waals surface area contributed by atoms with Gasteiger partial charge in [-0.2, -0.15) is 5.26 Å². The van der Waals surface area contributed by atoms with E-state index < -0.39 is 35.0 Å². The number of aromatic nitrogens is 2. The topological polar surface area (TPSA) is 62.7 Å². The second-order valence-electron chi connectivity index (χ2n) is 14.1. The SMILES string of the molecule is C[Si](C)(C)c1ccc(-c2[c-]cc(F)cc2)nc1.[2H]c1c[c]([Ge]([CH3])([CH3])[CH3])cc(C([2H])([2H])[2H])c1-c1cc(-c2[c-]ccc3c2oc2c([2H])c(C#N)ccc23)ncc1C([2H])([2H])[2H].[Ir]. The molecular weight excluding hydrogens is 886 g/mol. The molecule has 0 aliphatic heterocycles. The molecule has 7 rings (SSSR count). The summed E-state index contributed by atoms with van der Waals surface area (Å²) in [6.07, 6.45) is 3.12. The number of nitriles is 1. The largest absolute Gasteiger partial charge is 0 e. The molecule has 0 spiro atoms. The Balaban J connectivity index is 0.000000307. The fourth-order valence-corrected chi connectivity index (χ4v) is 8.75. The van der Waals surface area contributed by atoms with Crippen molar-refractivity contribution in [3.63, 3.8) is 0 Å². The van der Waals surface area contributed by atoms with E-state index in [1.54, 1.807) is 42.5 Å². The van der Waals surface area contributed by atoms with E-state index in [4.69, 9.17) is 15.4 Å². The summed E-state index contributed by atoms with van der Waals surface area (Å²) in [5, 5.41) is 12.0. The molecule has 0 bridgehead atoms. The van der Waals surface area contributed by atoms with E-state index in [1.165, 1.54) is 29.6 Å². The summed E-state index contributed by atoms with van der Waals surface area (Å²) in [5.41, 5.74) is 2.88. The van der Waals surface area contributed by atoms with Crippen molar-refractivity contribution in [2.45, 2.75) is 50.6 Å². The van der Waals surface area contributed by atoms with E-state index in [-0.39, 0.29) is 77.1 Å². The molecule has 7 aromatic rings. The summed E-state index contributed by atoms with van der Waals surface area (Å²) in [6, 6.07) is 27.8. The number of hydrogen-bond donors (Lipinski definition) is 0. The van der Waals surface area contributed by atoms with Gasteiger partial charge in [-0.05, 0) is 16.9 Å². The van der Waals surface area contributed by atoms with Crippen molar-refractivity contribution in [3.05, 3.63) is 132 Å². The van der Waals surface area contributed by atoms with Crippen LogP contribution in [-0.4, -0.2) is 31.3 Å². The van der Waals surface area contributed by atoms with Gasteiger partial charge in [0.1, 0.15) is 0 Å². The normalized spacial score (nSPS) is 14.2. The zero-order valence-corrected chi connectivity index (χ0v) is 34.5. The molecule has 0 unspecified atom stereocenters. The quantitative estimate of drug-likeness (QED) is 0.127. The van der Waals surface area contributed by atoms with Crippen LogP contribution in [0.3, 0.4) is 0 Å². The first-order chi connectivity index (χ1) is 27.0. The van der Waals surface area contributed by atoms with Gasteiger partial charge in [0, 0.05) is 32.1 Å². The van der Waals surface area contributed by atoms with Gasteiger partial charge < -0.3 is 4.98 Å². The molecule has 259 valence electrons. The van der Waals surface area contributed by atoms with Crippen molar-refractivity contribution in [2.75, 3.05) is 0 Å². The van der Waals surface area contributed by atoms with Gasteiger partial charge in [0.15, 0.2) is 0 Å². The van der Waals surface area contributed by atoms with Gasteiger partial charge in [0.25, 0.3) is 0 Å². The first-order valence-corrected chi connectivity index (χ1v) is 26.9. The third-order valence-corrected chi connectivity index (χ3v) is 14.7. The molecule has 0 fully saturated rings. The monoisotopic (exact) mass is 936 g/mol. The third kappa shape index (κ3) is 8.32. The number of fused-ring (bicyclic) bond motifs is 3. The van der Waals surface area contributed by atoms with Crippen LogP contribution in [0.5, 0.6) is 0 Å². The van der Waals surface area contributed by atoms with E-state index in [0.29, 0.717) is 21.9 Å². The molecule has 4 nitrogen and oxygen atoms in total. The second-order valence-corrected chi connectivity index (χ2v) is 29.8. The Kier molecular flexibility index (Phi) is 8.46. The average molecular weight is 935 g/mol. The summed E-state index contributed by atoms with van der Waals surface area (Å²) < 4.78 is 86.3. The first-order valence-electron chi connectivity index (χ1n) is 20.1. The Morgan fingerprint density at radius 1 is 0.882 bits per heavy atom. The zero-order chi connectivity index (χ0) is 42.5. The molecule has 3 heterocycles. The average Bonchev–Trinajstić information content (AvgIpc) is 3.53. The van der Waals surface area contributed by atoms with Gasteiger partial charge in [-0.25, -0.2) is 0 Å². The summed E-state index contributed by atoms with van der Waals surface area (Å²) in [7, 11) is -1.30. The molecule has 0 aliphatic rings. The van der Waals surface area contributed by atoms with Gasteiger partial charge in [0.2, 0.25) is 0 Å². The van der Waals surface area contributed by atoms with Gasteiger partial charge in [-0.15, -0.1) is 29.8 Å². The van der Waals surface area contributed by atoms with Crippen LogP contribution >= 0.6 is 0 Å². The van der Waals surface area contributed by atoms with Crippen molar-refractivity contribution in [1.82, 2.24) is 9.97 Å².